The minimum atomic E-state index is -0.149. The van der Waals surface area contributed by atoms with Crippen molar-refractivity contribution in [2.45, 2.75) is 46.2 Å². The van der Waals surface area contributed by atoms with Gasteiger partial charge in [0.2, 0.25) is 5.91 Å². The maximum absolute atomic E-state index is 12.4. The topological polar surface area (TPSA) is 94.2 Å². The number of nitrogens with one attached hydrogen (secondary N) is 2. The molecule has 2 saturated heterocycles. The molecule has 0 aliphatic carbocycles. The Kier molecular flexibility index (Phi) is 4.09. The van der Waals surface area contributed by atoms with Crippen LogP contribution in [-0.4, -0.2) is 63.4 Å². The van der Waals surface area contributed by atoms with E-state index in [2.05, 4.69) is 27.1 Å². The number of H-pyrrole nitrogens is 1. The largest absolute Gasteiger partial charge is 0.351 e. The summed E-state index contributed by atoms with van der Waals surface area (Å²) in [5, 5.41) is 2.90. The van der Waals surface area contributed by atoms with Gasteiger partial charge in [-0.05, 0) is 20.8 Å². The first-order valence-electron chi connectivity index (χ1n) is 9.54. The zero-order valence-corrected chi connectivity index (χ0v) is 16.2. The number of nitrogens with zero attached hydrogens (tertiary/aromatic N) is 4. The molecular formula is C19H26N6O2. The van der Waals surface area contributed by atoms with Gasteiger partial charge in [-0.3, -0.25) is 9.59 Å². The van der Waals surface area contributed by atoms with E-state index in [0.29, 0.717) is 23.1 Å². The van der Waals surface area contributed by atoms with Crippen LogP contribution in [0.5, 0.6) is 0 Å². The molecule has 8 nitrogen and oxygen atoms in total. The van der Waals surface area contributed by atoms with Crippen molar-refractivity contribution in [3.63, 3.8) is 0 Å². The number of likely N-dealkylation sites (tertiary alicyclic amines) is 1. The van der Waals surface area contributed by atoms with Crippen LogP contribution < -0.4 is 10.2 Å². The average Bonchev–Trinajstić information content (AvgIpc) is 3.01. The minimum absolute atomic E-state index is 0.0567. The van der Waals surface area contributed by atoms with Gasteiger partial charge < -0.3 is 20.1 Å². The van der Waals surface area contributed by atoms with Crippen molar-refractivity contribution in [2.24, 2.45) is 5.41 Å². The van der Waals surface area contributed by atoms with E-state index in [1.807, 2.05) is 25.7 Å². The summed E-state index contributed by atoms with van der Waals surface area (Å²) in [4.78, 5) is 40.5. The van der Waals surface area contributed by atoms with Gasteiger partial charge in [0.25, 0.3) is 5.91 Å². The summed E-state index contributed by atoms with van der Waals surface area (Å²) < 4.78 is 0. The quantitative estimate of drug-likeness (QED) is 0.851. The van der Waals surface area contributed by atoms with Crippen LogP contribution in [0.1, 0.15) is 44.5 Å². The maximum atomic E-state index is 12.4. The van der Waals surface area contributed by atoms with Gasteiger partial charge in [-0.15, -0.1) is 0 Å². The molecule has 0 saturated carbocycles. The first-order valence-corrected chi connectivity index (χ1v) is 9.54. The lowest BCUT2D eigenvalue weighted by atomic mass is 9.66. The van der Waals surface area contributed by atoms with Crippen molar-refractivity contribution in [3.8, 4) is 0 Å². The number of hydrogen-bond acceptors (Lipinski definition) is 5. The molecule has 1 unspecified atom stereocenters. The molecule has 2 aromatic rings. The SMILES string of the molecule is CCC(=O)N1CC2(C1)CN(c1cnc3[nH]cc(C(=O)NC(C)C)c3n1)C2C. The molecule has 144 valence electrons. The third kappa shape index (κ3) is 2.74. The van der Waals surface area contributed by atoms with Gasteiger partial charge in [0.05, 0.1) is 11.8 Å². The van der Waals surface area contributed by atoms with Gasteiger partial charge >= 0.3 is 0 Å². The lowest BCUT2D eigenvalue weighted by Gasteiger charge is -2.65. The van der Waals surface area contributed by atoms with Crippen molar-refractivity contribution >= 4 is 28.8 Å². The molecule has 2 aliphatic rings. The monoisotopic (exact) mass is 370 g/mol. The Bertz CT molecular complexity index is 899. The van der Waals surface area contributed by atoms with Gasteiger partial charge in [0.1, 0.15) is 11.3 Å². The van der Waals surface area contributed by atoms with E-state index in [1.165, 1.54) is 0 Å². The number of carbonyl (C=O) groups excluding carboxylic acids is 2. The lowest BCUT2D eigenvalue weighted by molar-refractivity contribution is -0.148. The molecular weight excluding hydrogens is 344 g/mol. The predicted octanol–water partition coefficient (Wildman–Crippen LogP) is 1.54. The molecule has 4 heterocycles. The standard InChI is InChI=1S/C19H26N6O2/c1-5-15(26)24-8-19(9-24)10-25(12(19)4)14-7-21-17-16(23-14)13(6-20-17)18(27)22-11(2)3/h6-7,11-12H,5,8-10H2,1-4H3,(H,20,21)(H,22,27). The molecule has 0 radical (unpaired) electrons. The van der Waals surface area contributed by atoms with Gasteiger partial charge in [-0.1, -0.05) is 6.92 Å². The van der Waals surface area contributed by atoms with Gasteiger partial charge in [-0.2, -0.15) is 0 Å². The summed E-state index contributed by atoms with van der Waals surface area (Å²) >= 11 is 0. The molecule has 8 heteroatoms. The summed E-state index contributed by atoms with van der Waals surface area (Å²) in [5.41, 5.74) is 1.88. The highest BCUT2D eigenvalue weighted by Crippen LogP contribution is 2.47. The molecule has 27 heavy (non-hydrogen) atoms. The second-order valence-corrected chi connectivity index (χ2v) is 8.03. The fraction of sp³-hybridized carbons (Fsp3) is 0.579. The summed E-state index contributed by atoms with van der Waals surface area (Å²) in [5.74, 6) is 0.850. The van der Waals surface area contributed by atoms with Crippen LogP contribution in [0.2, 0.25) is 0 Å². The summed E-state index contributed by atoms with van der Waals surface area (Å²) in [6, 6.07) is 0.346. The molecule has 2 fully saturated rings. The highest BCUT2D eigenvalue weighted by atomic mass is 16.2. The van der Waals surface area contributed by atoms with Crippen molar-refractivity contribution in [2.75, 3.05) is 24.5 Å². The number of carbonyl (C=O) groups is 2. The van der Waals surface area contributed by atoms with Crippen molar-refractivity contribution in [1.29, 1.82) is 0 Å². The highest BCUT2D eigenvalue weighted by Gasteiger charge is 2.58. The number of anilines is 1. The molecule has 2 N–H and O–H groups in total. The van der Waals surface area contributed by atoms with Crippen LogP contribution in [0.15, 0.2) is 12.4 Å². The number of rotatable bonds is 4. The Hall–Kier alpha value is -2.64. The molecule has 2 aliphatic heterocycles. The molecule has 2 amide bonds. The third-order valence-corrected chi connectivity index (χ3v) is 5.83. The molecule has 4 rings (SSSR count). The van der Waals surface area contributed by atoms with E-state index in [1.54, 1.807) is 12.4 Å². The molecule has 2 aromatic heterocycles. The van der Waals surface area contributed by atoms with Crippen LogP contribution in [0.25, 0.3) is 11.2 Å². The number of hydrogen-bond donors (Lipinski definition) is 2. The Morgan fingerprint density at radius 3 is 2.74 bits per heavy atom. The van der Waals surface area contributed by atoms with Crippen LogP contribution in [-0.2, 0) is 4.79 Å². The van der Waals surface area contributed by atoms with E-state index in [0.717, 1.165) is 25.5 Å². The smallest absolute Gasteiger partial charge is 0.255 e. The normalized spacial score (nSPS) is 20.7. The Labute approximate surface area is 158 Å². The first-order chi connectivity index (χ1) is 12.8. The zero-order chi connectivity index (χ0) is 19.3. The summed E-state index contributed by atoms with van der Waals surface area (Å²) in [6.45, 7) is 10.4. The van der Waals surface area contributed by atoms with Crippen molar-refractivity contribution in [1.82, 2.24) is 25.2 Å². The van der Waals surface area contributed by atoms with Crippen LogP contribution in [0, 0.1) is 5.41 Å². The second kappa shape index (κ2) is 6.21. The van der Waals surface area contributed by atoms with Gasteiger partial charge in [0, 0.05) is 49.8 Å². The Balaban J connectivity index is 1.52. The van der Waals surface area contributed by atoms with Crippen LogP contribution in [0.4, 0.5) is 5.82 Å². The summed E-state index contributed by atoms with van der Waals surface area (Å²) in [7, 11) is 0. The average molecular weight is 370 g/mol. The molecule has 0 bridgehead atoms. The lowest BCUT2D eigenvalue weighted by Crippen LogP contribution is -2.77. The van der Waals surface area contributed by atoms with Gasteiger partial charge in [-0.25, -0.2) is 9.97 Å². The molecule has 1 spiro atoms. The number of aromatic nitrogens is 3. The minimum Gasteiger partial charge on any atom is -0.351 e. The Morgan fingerprint density at radius 2 is 2.11 bits per heavy atom. The van der Waals surface area contributed by atoms with E-state index < -0.39 is 0 Å². The van der Waals surface area contributed by atoms with E-state index >= 15 is 0 Å². The Morgan fingerprint density at radius 1 is 1.37 bits per heavy atom. The van der Waals surface area contributed by atoms with E-state index in [9.17, 15) is 9.59 Å². The highest BCUT2D eigenvalue weighted by molar-refractivity contribution is 6.04. The van der Waals surface area contributed by atoms with Crippen molar-refractivity contribution in [3.05, 3.63) is 18.0 Å². The summed E-state index contributed by atoms with van der Waals surface area (Å²) in [6.07, 6.45) is 3.97. The molecule has 0 aromatic carbocycles. The fourth-order valence-corrected chi connectivity index (χ4v) is 4.12. The maximum Gasteiger partial charge on any atom is 0.255 e. The molecule has 1 atom stereocenters. The zero-order valence-electron chi connectivity index (χ0n) is 16.2. The van der Waals surface area contributed by atoms with Crippen LogP contribution in [0.3, 0.4) is 0 Å². The fourth-order valence-electron chi connectivity index (χ4n) is 4.12. The first kappa shape index (κ1) is 17.8. The number of fused-ring (bicyclic) bond motifs is 1. The van der Waals surface area contributed by atoms with E-state index in [4.69, 9.17) is 4.98 Å². The third-order valence-electron chi connectivity index (χ3n) is 5.83. The van der Waals surface area contributed by atoms with Gasteiger partial charge in [0.15, 0.2) is 5.65 Å². The van der Waals surface area contributed by atoms with E-state index in [-0.39, 0.29) is 29.3 Å². The number of aromatic amines is 1. The van der Waals surface area contributed by atoms with Crippen molar-refractivity contribution < 1.29 is 9.59 Å². The number of amides is 2. The van der Waals surface area contributed by atoms with Crippen LogP contribution >= 0.6 is 0 Å². The second-order valence-electron chi connectivity index (χ2n) is 8.03. The predicted molar refractivity (Wildman–Crippen MR) is 103 cm³/mol.